The molecular formula is C25H23F3N4O. The summed E-state index contributed by atoms with van der Waals surface area (Å²) in [4.78, 5) is 15.7. The molecule has 5 rings (SSSR count). The van der Waals surface area contributed by atoms with Gasteiger partial charge in [-0.1, -0.05) is 55.5 Å². The van der Waals surface area contributed by atoms with Crippen LogP contribution in [0.4, 0.5) is 13.2 Å². The normalized spacial score (nSPS) is 24.3. The van der Waals surface area contributed by atoms with Crippen LogP contribution in [0.5, 0.6) is 0 Å². The summed E-state index contributed by atoms with van der Waals surface area (Å²) in [5, 5.41) is 11.7. The fraction of sp³-hybridized carbons (Fsp3) is 0.320. The van der Waals surface area contributed by atoms with Gasteiger partial charge in [-0.2, -0.15) is 18.3 Å². The average Bonchev–Trinajstić information content (AvgIpc) is 3.37. The van der Waals surface area contributed by atoms with E-state index in [9.17, 15) is 18.0 Å². The van der Waals surface area contributed by atoms with Crippen molar-refractivity contribution in [1.82, 2.24) is 10.2 Å². The number of nitrogens with zero attached hydrogens (tertiary/aromatic N) is 3. The molecule has 2 aromatic rings. The zero-order chi connectivity index (χ0) is 23.4. The van der Waals surface area contributed by atoms with E-state index in [2.05, 4.69) is 15.5 Å². The zero-order valence-electron chi connectivity index (χ0n) is 18.3. The minimum atomic E-state index is -4.48. The van der Waals surface area contributed by atoms with Gasteiger partial charge in [0.2, 0.25) is 0 Å². The third-order valence-electron chi connectivity index (χ3n) is 6.92. The summed E-state index contributed by atoms with van der Waals surface area (Å²) in [6, 6.07) is 14.7. The smallest absolute Gasteiger partial charge is 0.340 e. The number of halogens is 3. The quantitative estimate of drug-likeness (QED) is 0.683. The number of nitrogens with one attached hydrogen (secondary N) is 1. The van der Waals surface area contributed by atoms with Crippen molar-refractivity contribution in [3.63, 3.8) is 0 Å². The van der Waals surface area contributed by atoms with Crippen LogP contribution in [0.15, 0.2) is 87.5 Å². The van der Waals surface area contributed by atoms with Crippen molar-refractivity contribution in [2.75, 3.05) is 6.54 Å². The second kappa shape index (κ2) is 7.57. The Kier molecular flexibility index (Phi) is 4.92. The van der Waals surface area contributed by atoms with Crippen molar-refractivity contribution < 1.29 is 18.0 Å². The Balaban J connectivity index is 1.66. The largest absolute Gasteiger partial charge is 0.416 e. The Bertz CT molecular complexity index is 1220. The summed E-state index contributed by atoms with van der Waals surface area (Å²) in [7, 11) is 0. The molecule has 2 atom stereocenters. The second-order valence-electron chi connectivity index (χ2n) is 8.57. The van der Waals surface area contributed by atoms with Gasteiger partial charge < -0.3 is 10.2 Å². The van der Waals surface area contributed by atoms with Gasteiger partial charge in [0.05, 0.1) is 29.1 Å². The van der Waals surface area contributed by atoms with Crippen molar-refractivity contribution in [3.8, 4) is 0 Å². The highest BCUT2D eigenvalue weighted by Crippen LogP contribution is 2.52. The van der Waals surface area contributed by atoms with Gasteiger partial charge in [0.15, 0.2) is 5.82 Å². The Morgan fingerprint density at radius 2 is 1.91 bits per heavy atom. The lowest BCUT2D eigenvalue weighted by atomic mass is 9.64. The molecule has 2 aromatic carbocycles. The third kappa shape index (κ3) is 3.19. The Morgan fingerprint density at radius 3 is 2.61 bits per heavy atom. The number of amides is 1. The molecule has 3 aliphatic rings. The molecule has 8 heteroatoms. The van der Waals surface area contributed by atoms with Crippen LogP contribution in [-0.4, -0.2) is 23.4 Å². The van der Waals surface area contributed by atoms with Crippen molar-refractivity contribution in [1.29, 1.82) is 0 Å². The molecule has 0 unspecified atom stereocenters. The summed E-state index contributed by atoms with van der Waals surface area (Å²) in [5.41, 5.74) is 1.59. The molecule has 0 radical (unpaired) electrons. The van der Waals surface area contributed by atoms with Crippen LogP contribution in [0, 0.1) is 0 Å². The van der Waals surface area contributed by atoms with E-state index < -0.39 is 17.2 Å². The fourth-order valence-electron chi connectivity index (χ4n) is 5.27. The van der Waals surface area contributed by atoms with E-state index in [0.717, 1.165) is 17.2 Å². The minimum absolute atomic E-state index is 0.174. The average molecular weight is 452 g/mol. The molecule has 3 aliphatic heterocycles. The van der Waals surface area contributed by atoms with E-state index >= 15 is 0 Å². The molecule has 170 valence electrons. The fourth-order valence-corrected chi connectivity index (χ4v) is 5.27. The van der Waals surface area contributed by atoms with Crippen LogP contribution in [-0.2, 0) is 22.9 Å². The Hall–Kier alpha value is -3.42. The highest BCUT2D eigenvalue weighted by Gasteiger charge is 2.54. The molecule has 0 aromatic heterocycles. The molecule has 0 spiro atoms. The van der Waals surface area contributed by atoms with Gasteiger partial charge in [0.25, 0.3) is 5.91 Å². The van der Waals surface area contributed by atoms with Crippen molar-refractivity contribution in [2.45, 2.75) is 44.4 Å². The van der Waals surface area contributed by atoms with Crippen LogP contribution >= 0.6 is 0 Å². The predicted molar refractivity (Wildman–Crippen MR) is 117 cm³/mol. The van der Waals surface area contributed by atoms with Crippen LogP contribution in [0.1, 0.15) is 37.0 Å². The molecule has 3 heterocycles. The minimum Gasteiger partial charge on any atom is -0.340 e. The molecule has 0 saturated heterocycles. The molecule has 1 N–H and O–H groups in total. The molecule has 0 aliphatic carbocycles. The van der Waals surface area contributed by atoms with Crippen LogP contribution in [0.3, 0.4) is 0 Å². The maximum absolute atomic E-state index is 13.9. The SMILES string of the molecule is CC[C@@]1(c2cccc(C(F)(F)F)c2)C2=C(N=NC2)NC2=C1C(=O)N(Cc1ccccc1)[C@@H]2C. The summed E-state index contributed by atoms with van der Waals surface area (Å²) in [6.07, 6.45) is -4.07. The predicted octanol–water partition coefficient (Wildman–Crippen LogP) is 5.32. The Morgan fingerprint density at radius 1 is 1.15 bits per heavy atom. The molecule has 33 heavy (non-hydrogen) atoms. The summed E-state index contributed by atoms with van der Waals surface area (Å²) < 4.78 is 40.8. The first-order chi connectivity index (χ1) is 15.8. The Labute approximate surface area is 189 Å². The van der Waals surface area contributed by atoms with Gasteiger partial charge in [0.1, 0.15) is 0 Å². The number of azo groups is 1. The first-order valence-electron chi connectivity index (χ1n) is 10.9. The summed E-state index contributed by atoms with van der Waals surface area (Å²) in [6.45, 7) is 4.48. The van der Waals surface area contributed by atoms with Crippen molar-refractivity contribution in [2.24, 2.45) is 10.2 Å². The second-order valence-corrected chi connectivity index (χ2v) is 8.57. The highest BCUT2D eigenvalue weighted by atomic mass is 19.4. The maximum Gasteiger partial charge on any atom is 0.416 e. The number of carbonyl (C=O) groups is 1. The van der Waals surface area contributed by atoms with Gasteiger partial charge in [-0.25, -0.2) is 0 Å². The van der Waals surface area contributed by atoms with E-state index in [1.54, 1.807) is 11.0 Å². The lowest BCUT2D eigenvalue weighted by Crippen LogP contribution is -2.41. The van der Waals surface area contributed by atoms with Gasteiger partial charge in [-0.3, -0.25) is 4.79 Å². The first-order valence-corrected chi connectivity index (χ1v) is 10.9. The monoisotopic (exact) mass is 452 g/mol. The van der Waals surface area contributed by atoms with Gasteiger partial charge >= 0.3 is 6.18 Å². The molecular weight excluding hydrogens is 429 g/mol. The van der Waals surface area contributed by atoms with Gasteiger partial charge in [-0.05, 0) is 30.5 Å². The highest BCUT2D eigenvalue weighted by molar-refractivity contribution is 6.01. The zero-order valence-corrected chi connectivity index (χ0v) is 18.3. The van der Waals surface area contributed by atoms with Gasteiger partial charge in [0, 0.05) is 17.8 Å². The number of alkyl halides is 3. The topological polar surface area (TPSA) is 57.1 Å². The molecule has 0 bridgehead atoms. The third-order valence-corrected chi connectivity index (χ3v) is 6.92. The molecule has 0 saturated carbocycles. The summed E-state index contributed by atoms with van der Waals surface area (Å²) >= 11 is 0. The number of hydrogen-bond donors (Lipinski definition) is 1. The van der Waals surface area contributed by atoms with Crippen molar-refractivity contribution >= 4 is 5.91 Å². The van der Waals surface area contributed by atoms with E-state index in [1.807, 2.05) is 44.2 Å². The lowest BCUT2D eigenvalue weighted by molar-refractivity contribution is -0.137. The van der Waals surface area contributed by atoms with E-state index in [1.165, 1.54) is 12.1 Å². The standard InChI is InChI=1S/C25H23F3N4O/c1-3-24(17-10-7-11-18(12-17)25(26,27)28)19-13-29-31-22(19)30-21-15(2)32(23(33)20(21)24)14-16-8-5-4-6-9-16/h4-12,15,30H,3,13-14H2,1-2H3/t15-,24-/m1/s1. The number of benzene rings is 2. The lowest BCUT2D eigenvalue weighted by Gasteiger charge is -2.39. The maximum atomic E-state index is 13.9. The van der Waals surface area contributed by atoms with Crippen LogP contribution in [0.2, 0.25) is 0 Å². The number of dihydropyridines is 1. The van der Waals surface area contributed by atoms with Crippen LogP contribution < -0.4 is 5.32 Å². The summed E-state index contributed by atoms with van der Waals surface area (Å²) in [5.74, 6) is 0.362. The van der Waals surface area contributed by atoms with E-state index in [0.29, 0.717) is 35.6 Å². The number of hydrogen-bond acceptors (Lipinski definition) is 4. The molecule has 5 nitrogen and oxygen atoms in total. The van der Waals surface area contributed by atoms with E-state index in [4.69, 9.17) is 0 Å². The van der Waals surface area contributed by atoms with Crippen LogP contribution in [0.25, 0.3) is 0 Å². The van der Waals surface area contributed by atoms with Crippen molar-refractivity contribution in [3.05, 3.63) is 94.0 Å². The first kappa shape index (κ1) is 21.4. The number of rotatable bonds is 4. The molecule has 1 amide bonds. The molecule has 0 fully saturated rings. The van der Waals surface area contributed by atoms with Gasteiger partial charge in [-0.15, -0.1) is 5.11 Å². The number of carbonyl (C=O) groups excluding carboxylic acids is 1. The van der Waals surface area contributed by atoms with E-state index in [-0.39, 0.29) is 18.5 Å².